The summed E-state index contributed by atoms with van der Waals surface area (Å²) in [6.45, 7) is 3.79. The van der Waals surface area contributed by atoms with Crippen LogP contribution >= 0.6 is 23.2 Å². The van der Waals surface area contributed by atoms with Crippen molar-refractivity contribution in [2.75, 3.05) is 23.3 Å². The molecule has 174 valence electrons. The summed E-state index contributed by atoms with van der Waals surface area (Å²) in [7, 11) is -3.81. The fraction of sp³-hybridized carbons (Fsp3) is 0.174. The second kappa shape index (κ2) is 10.8. The van der Waals surface area contributed by atoms with Crippen LogP contribution in [0, 0.1) is 6.92 Å². The van der Waals surface area contributed by atoms with Crippen molar-refractivity contribution < 1.29 is 22.7 Å². The van der Waals surface area contributed by atoms with E-state index in [2.05, 4.69) is 10.0 Å². The van der Waals surface area contributed by atoms with Crippen LogP contribution in [0.4, 0.5) is 11.4 Å². The molecule has 0 unspecified atom stereocenters. The summed E-state index contributed by atoms with van der Waals surface area (Å²) in [5.74, 6) is 0.592. The van der Waals surface area contributed by atoms with Crippen LogP contribution < -0.4 is 19.5 Å². The topological polar surface area (TPSA) is 93.7 Å². The van der Waals surface area contributed by atoms with E-state index in [4.69, 9.17) is 32.7 Å². The first kappa shape index (κ1) is 24.7. The molecule has 0 radical (unpaired) electrons. The highest BCUT2D eigenvalue weighted by atomic mass is 35.5. The Hall–Kier alpha value is -2.94. The molecule has 0 aromatic heterocycles. The molecular formula is C23H22Cl2N2O5S. The van der Waals surface area contributed by atoms with E-state index in [1.54, 1.807) is 43.3 Å². The van der Waals surface area contributed by atoms with E-state index >= 15 is 0 Å². The summed E-state index contributed by atoms with van der Waals surface area (Å²) < 4.78 is 38.9. The normalized spacial score (nSPS) is 11.0. The molecule has 0 saturated heterocycles. The van der Waals surface area contributed by atoms with Crippen molar-refractivity contribution in [1.29, 1.82) is 0 Å². The third-order valence-electron chi connectivity index (χ3n) is 4.44. The Morgan fingerprint density at radius 1 is 0.970 bits per heavy atom. The number of aryl methyl sites for hydroxylation is 1. The van der Waals surface area contributed by atoms with Gasteiger partial charge in [0.1, 0.15) is 11.5 Å². The third kappa shape index (κ3) is 6.77. The van der Waals surface area contributed by atoms with Gasteiger partial charge in [0.15, 0.2) is 6.61 Å². The van der Waals surface area contributed by atoms with Gasteiger partial charge in [0.2, 0.25) is 0 Å². The smallest absolute Gasteiger partial charge is 0.262 e. The predicted octanol–water partition coefficient (Wildman–Crippen LogP) is 5.52. The number of hydrogen-bond donors (Lipinski definition) is 2. The Morgan fingerprint density at radius 2 is 1.70 bits per heavy atom. The van der Waals surface area contributed by atoms with Crippen LogP contribution in [0.2, 0.25) is 10.0 Å². The van der Waals surface area contributed by atoms with Gasteiger partial charge in [-0.1, -0.05) is 23.2 Å². The summed E-state index contributed by atoms with van der Waals surface area (Å²) in [4.78, 5) is 12.3. The molecule has 33 heavy (non-hydrogen) atoms. The van der Waals surface area contributed by atoms with Crippen LogP contribution in [0.25, 0.3) is 0 Å². The Morgan fingerprint density at radius 3 is 2.36 bits per heavy atom. The minimum absolute atomic E-state index is 0.0661. The molecule has 0 aliphatic heterocycles. The molecule has 0 aliphatic carbocycles. The number of halogens is 2. The SMILES string of the molecule is CCOc1ccc(NS(=O)(=O)c2ccc(OCC(=O)Nc3cc(Cl)ccc3Cl)c(C)c2)cc1. The fourth-order valence-corrected chi connectivity index (χ4v) is 4.35. The molecule has 1 amide bonds. The maximum atomic E-state index is 12.7. The highest BCUT2D eigenvalue weighted by Gasteiger charge is 2.16. The number of hydrogen-bond acceptors (Lipinski definition) is 5. The van der Waals surface area contributed by atoms with Gasteiger partial charge >= 0.3 is 0 Å². The molecule has 0 aliphatic rings. The molecule has 0 spiro atoms. The van der Waals surface area contributed by atoms with Gasteiger partial charge < -0.3 is 14.8 Å². The van der Waals surface area contributed by atoms with Crippen molar-refractivity contribution in [3.8, 4) is 11.5 Å². The van der Waals surface area contributed by atoms with Crippen LogP contribution in [-0.4, -0.2) is 27.5 Å². The lowest BCUT2D eigenvalue weighted by molar-refractivity contribution is -0.118. The zero-order valence-corrected chi connectivity index (χ0v) is 20.2. The molecule has 0 fully saturated rings. The number of carbonyl (C=O) groups is 1. The van der Waals surface area contributed by atoms with Gasteiger partial charge in [-0.2, -0.15) is 0 Å². The monoisotopic (exact) mass is 508 g/mol. The van der Waals surface area contributed by atoms with Gasteiger partial charge in [0, 0.05) is 10.7 Å². The Balaban J connectivity index is 1.63. The lowest BCUT2D eigenvalue weighted by Crippen LogP contribution is -2.20. The number of sulfonamides is 1. The van der Waals surface area contributed by atoms with Gasteiger partial charge in [-0.25, -0.2) is 8.42 Å². The van der Waals surface area contributed by atoms with Crippen LogP contribution in [0.15, 0.2) is 65.6 Å². The molecule has 3 rings (SSSR count). The second-order valence-electron chi connectivity index (χ2n) is 6.95. The first-order valence-electron chi connectivity index (χ1n) is 9.92. The molecule has 0 heterocycles. The molecule has 7 nitrogen and oxygen atoms in total. The number of benzene rings is 3. The Bertz CT molecular complexity index is 1250. The van der Waals surface area contributed by atoms with Crippen LogP contribution in [-0.2, 0) is 14.8 Å². The van der Waals surface area contributed by atoms with Crippen molar-refractivity contribution in [3.05, 3.63) is 76.3 Å². The van der Waals surface area contributed by atoms with Crippen molar-refractivity contribution in [2.45, 2.75) is 18.7 Å². The molecule has 3 aromatic carbocycles. The van der Waals surface area contributed by atoms with E-state index in [1.807, 2.05) is 6.92 Å². The standard InChI is InChI=1S/C23H22Cl2N2O5S/c1-3-31-18-7-5-17(6-8-18)27-33(29,30)19-9-11-22(15(2)12-19)32-14-23(28)26-21-13-16(24)4-10-20(21)25/h4-13,27H,3,14H2,1-2H3,(H,26,28). The van der Waals surface area contributed by atoms with E-state index in [-0.39, 0.29) is 11.5 Å². The average molecular weight is 509 g/mol. The lowest BCUT2D eigenvalue weighted by atomic mass is 10.2. The summed E-state index contributed by atoms with van der Waals surface area (Å²) in [5, 5.41) is 3.40. The predicted molar refractivity (Wildman–Crippen MR) is 130 cm³/mol. The molecule has 3 aromatic rings. The summed E-state index contributed by atoms with van der Waals surface area (Å²) in [6.07, 6.45) is 0. The van der Waals surface area contributed by atoms with Crippen molar-refractivity contribution >= 4 is 50.5 Å². The van der Waals surface area contributed by atoms with E-state index in [0.29, 0.717) is 45.1 Å². The summed E-state index contributed by atoms with van der Waals surface area (Å²) >= 11 is 12.0. The quantitative estimate of drug-likeness (QED) is 0.396. The second-order valence-corrected chi connectivity index (χ2v) is 9.48. The highest BCUT2D eigenvalue weighted by molar-refractivity contribution is 7.92. The molecule has 0 saturated carbocycles. The Labute approximate surface area is 202 Å². The number of amides is 1. The van der Waals surface area contributed by atoms with Gasteiger partial charge in [0.05, 0.1) is 22.2 Å². The summed E-state index contributed by atoms with van der Waals surface area (Å²) in [5.41, 5.74) is 1.34. The highest BCUT2D eigenvalue weighted by Crippen LogP contribution is 2.26. The van der Waals surface area contributed by atoms with Crippen LogP contribution in [0.5, 0.6) is 11.5 Å². The van der Waals surface area contributed by atoms with E-state index in [0.717, 1.165) is 0 Å². The fourth-order valence-electron chi connectivity index (χ4n) is 2.87. The van der Waals surface area contributed by atoms with Gasteiger partial charge in [-0.15, -0.1) is 0 Å². The van der Waals surface area contributed by atoms with E-state index in [1.165, 1.54) is 24.3 Å². The van der Waals surface area contributed by atoms with Gasteiger partial charge in [0.25, 0.3) is 15.9 Å². The maximum absolute atomic E-state index is 12.7. The number of ether oxygens (including phenoxy) is 2. The number of rotatable bonds is 9. The largest absolute Gasteiger partial charge is 0.494 e. The third-order valence-corrected chi connectivity index (χ3v) is 6.38. The van der Waals surface area contributed by atoms with Gasteiger partial charge in [-0.3, -0.25) is 9.52 Å². The molecule has 10 heteroatoms. The number of anilines is 2. The number of nitrogens with one attached hydrogen (secondary N) is 2. The maximum Gasteiger partial charge on any atom is 0.262 e. The van der Waals surface area contributed by atoms with E-state index in [9.17, 15) is 13.2 Å². The lowest BCUT2D eigenvalue weighted by Gasteiger charge is -2.13. The molecule has 0 bridgehead atoms. The summed E-state index contributed by atoms with van der Waals surface area (Å²) in [6, 6.07) is 15.7. The minimum Gasteiger partial charge on any atom is -0.494 e. The van der Waals surface area contributed by atoms with Gasteiger partial charge in [-0.05, 0) is 80.1 Å². The Kier molecular flexibility index (Phi) is 8.07. The molecule has 0 atom stereocenters. The van der Waals surface area contributed by atoms with Crippen molar-refractivity contribution in [3.63, 3.8) is 0 Å². The molecular weight excluding hydrogens is 487 g/mol. The minimum atomic E-state index is -3.81. The molecule has 2 N–H and O–H groups in total. The average Bonchev–Trinajstić information content (AvgIpc) is 2.77. The number of carbonyl (C=O) groups excluding carboxylic acids is 1. The van der Waals surface area contributed by atoms with Crippen molar-refractivity contribution in [1.82, 2.24) is 0 Å². The van der Waals surface area contributed by atoms with E-state index < -0.39 is 15.9 Å². The van der Waals surface area contributed by atoms with Crippen molar-refractivity contribution in [2.24, 2.45) is 0 Å². The zero-order chi connectivity index (χ0) is 24.0. The first-order chi connectivity index (χ1) is 15.7. The zero-order valence-electron chi connectivity index (χ0n) is 17.9. The first-order valence-corrected chi connectivity index (χ1v) is 12.2. The van der Waals surface area contributed by atoms with Crippen LogP contribution in [0.1, 0.15) is 12.5 Å². The van der Waals surface area contributed by atoms with Crippen LogP contribution in [0.3, 0.4) is 0 Å².